The minimum absolute atomic E-state index is 1.06. The molecule has 1 aromatic heterocycles. The average Bonchev–Trinajstić information content (AvgIpc) is 3.33. The quantitative estimate of drug-likeness (QED) is 0.304. The maximum Gasteiger partial charge on any atom is 0.0812 e. The summed E-state index contributed by atoms with van der Waals surface area (Å²) in [6.45, 7) is 0. The van der Waals surface area contributed by atoms with Crippen molar-refractivity contribution in [3.8, 4) is 22.3 Å². The Morgan fingerprint density at radius 3 is 2.09 bits per heavy atom. The molecule has 0 aliphatic carbocycles. The van der Waals surface area contributed by atoms with E-state index in [9.17, 15) is 0 Å². The third-order valence-electron chi connectivity index (χ3n) is 5.82. The number of benzene rings is 5. The summed E-state index contributed by atoms with van der Waals surface area (Å²) in [5.74, 6) is 0. The Morgan fingerprint density at radius 1 is 0.594 bits per heavy atom. The first-order valence-corrected chi connectivity index (χ1v) is 11.5. The summed E-state index contributed by atoms with van der Waals surface area (Å²) in [6, 6.07) is 38.7. The fourth-order valence-electron chi connectivity index (χ4n) is 4.16. The van der Waals surface area contributed by atoms with Gasteiger partial charge in [-0.3, -0.25) is 0 Å². The highest BCUT2D eigenvalue weighted by atomic mass is 32.1. The second-order valence-electron chi connectivity index (χ2n) is 7.84. The molecule has 0 aliphatic heterocycles. The molecule has 6 aromatic rings. The SMILES string of the molecule is c1ccc2c(-c3ccc(Nc4ccc(-c5ccc6ncsc6c5)cc4)cc3)cccc2c1. The highest BCUT2D eigenvalue weighted by molar-refractivity contribution is 7.16. The van der Waals surface area contributed by atoms with Crippen LogP contribution >= 0.6 is 11.3 Å². The second kappa shape index (κ2) is 7.95. The van der Waals surface area contributed by atoms with Gasteiger partial charge in [-0.05, 0) is 69.4 Å². The molecule has 1 N–H and O–H groups in total. The molecule has 0 saturated heterocycles. The van der Waals surface area contributed by atoms with Crippen LogP contribution in [0.4, 0.5) is 11.4 Å². The fraction of sp³-hybridized carbons (Fsp3) is 0. The summed E-state index contributed by atoms with van der Waals surface area (Å²) in [6.07, 6.45) is 0. The molecular formula is C29H20N2S. The molecule has 152 valence electrons. The first kappa shape index (κ1) is 18.8. The number of nitrogens with one attached hydrogen (secondary N) is 1. The van der Waals surface area contributed by atoms with Gasteiger partial charge in [0.05, 0.1) is 15.7 Å². The van der Waals surface area contributed by atoms with Gasteiger partial charge in [0.25, 0.3) is 0 Å². The van der Waals surface area contributed by atoms with Crippen molar-refractivity contribution in [1.29, 1.82) is 0 Å². The van der Waals surface area contributed by atoms with Gasteiger partial charge in [0, 0.05) is 11.4 Å². The van der Waals surface area contributed by atoms with Gasteiger partial charge in [-0.2, -0.15) is 0 Å². The molecule has 6 rings (SSSR count). The topological polar surface area (TPSA) is 24.9 Å². The van der Waals surface area contributed by atoms with Crippen LogP contribution in [0, 0.1) is 0 Å². The molecule has 0 spiro atoms. The van der Waals surface area contributed by atoms with Crippen molar-refractivity contribution in [1.82, 2.24) is 4.98 Å². The van der Waals surface area contributed by atoms with Crippen molar-refractivity contribution in [3.05, 3.63) is 115 Å². The van der Waals surface area contributed by atoms with Crippen molar-refractivity contribution in [2.75, 3.05) is 5.32 Å². The zero-order chi connectivity index (χ0) is 21.3. The number of hydrogen-bond donors (Lipinski definition) is 1. The lowest BCUT2D eigenvalue weighted by molar-refractivity contribution is 1.50. The van der Waals surface area contributed by atoms with E-state index in [2.05, 4.69) is 119 Å². The number of fused-ring (bicyclic) bond motifs is 2. The zero-order valence-corrected chi connectivity index (χ0v) is 18.1. The third kappa shape index (κ3) is 3.53. The number of thiazole rings is 1. The van der Waals surface area contributed by atoms with Crippen LogP contribution in [0.2, 0.25) is 0 Å². The molecule has 0 atom stereocenters. The lowest BCUT2D eigenvalue weighted by Gasteiger charge is -2.10. The van der Waals surface area contributed by atoms with Gasteiger partial charge in [-0.15, -0.1) is 11.3 Å². The number of rotatable bonds is 4. The van der Waals surface area contributed by atoms with Crippen LogP contribution in [-0.2, 0) is 0 Å². The van der Waals surface area contributed by atoms with Gasteiger partial charge >= 0.3 is 0 Å². The van der Waals surface area contributed by atoms with Gasteiger partial charge in [0.2, 0.25) is 0 Å². The van der Waals surface area contributed by atoms with Crippen LogP contribution in [0.1, 0.15) is 0 Å². The predicted octanol–water partition coefficient (Wildman–Crippen LogP) is 8.53. The molecule has 0 bridgehead atoms. The van der Waals surface area contributed by atoms with E-state index in [4.69, 9.17) is 0 Å². The van der Waals surface area contributed by atoms with Crippen LogP contribution < -0.4 is 5.32 Å². The third-order valence-corrected chi connectivity index (χ3v) is 6.62. The Balaban J connectivity index is 1.22. The Kier molecular flexibility index (Phi) is 4.67. The van der Waals surface area contributed by atoms with Crippen LogP contribution in [0.3, 0.4) is 0 Å². The normalized spacial score (nSPS) is 11.1. The molecule has 32 heavy (non-hydrogen) atoms. The molecule has 0 unspecified atom stereocenters. The van der Waals surface area contributed by atoms with Crippen molar-refractivity contribution < 1.29 is 0 Å². The van der Waals surface area contributed by atoms with Crippen LogP contribution in [0.15, 0.2) is 115 Å². The Labute approximate surface area is 190 Å². The highest BCUT2D eigenvalue weighted by Crippen LogP contribution is 2.31. The first-order chi connectivity index (χ1) is 15.8. The summed E-state index contributed by atoms with van der Waals surface area (Å²) >= 11 is 1.68. The number of hydrogen-bond acceptors (Lipinski definition) is 3. The van der Waals surface area contributed by atoms with E-state index in [1.165, 1.54) is 37.7 Å². The van der Waals surface area contributed by atoms with E-state index < -0.39 is 0 Å². The van der Waals surface area contributed by atoms with E-state index >= 15 is 0 Å². The van der Waals surface area contributed by atoms with Crippen LogP contribution in [0.25, 0.3) is 43.2 Å². The van der Waals surface area contributed by atoms with Gasteiger partial charge in [-0.25, -0.2) is 4.98 Å². The van der Waals surface area contributed by atoms with Crippen molar-refractivity contribution >= 4 is 43.7 Å². The Morgan fingerprint density at radius 2 is 1.28 bits per heavy atom. The summed E-state index contributed by atoms with van der Waals surface area (Å²) in [5, 5.41) is 6.06. The Hall–Kier alpha value is -3.95. The molecular weight excluding hydrogens is 408 g/mol. The maximum absolute atomic E-state index is 4.36. The molecule has 5 aromatic carbocycles. The molecule has 2 nitrogen and oxygen atoms in total. The fourth-order valence-corrected chi connectivity index (χ4v) is 4.87. The summed E-state index contributed by atoms with van der Waals surface area (Å²) in [5.41, 5.74) is 10.0. The van der Waals surface area contributed by atoms with Crippen molar-refractivity contribution in [3.63, 3.8) is 0 Å². The van der Waals surface area contributed by atoms with Gasteiger partial charge < -0.3 is 5.32 Å². The maximum atomic E-state index is 4.36. The van der Waals surface area contributed by atoms with E-state index in [-0.39, 0.29) is 0 Å². The highest BCUT2D eigenvalue weighted by Gasteiger charge is 2.05. The molecule has 0 aliphatic rings. The molecule has 0 radical (unpaired) electrons. The van der Waals surface area contributed by atoms with Crippen LogP contribution in [-0.4, -0.2) is 4.98 Å². The summed E-state index contributed by atoms with van der Waals surface area (Å²) in [4.78, 5) is 4.36. The monoisotopic (exact) mass is 428 g/mol. The number of nitrogens with zero attached hydrogens (tertiary/aromatic N) is 1. The van der Waals surface area contributed by atoms with E-state index in [0.717, 1.165) is 16.9 Å². The standard InChI is InChI=1S/C29H20N2S/c1-2-6-26-21(4-1)5-3-7-27(26)22-10-15-25(16-11-22)31-24-13-8-20(9-14-24)23-12-17-28-29(18-23)32-19-30-28/h1-19,31H. The smallest absolute Gasteiger partial charge is 0.0812 e. The molecule has 0 fully saturated rings. The lowest BCUT2D eigenvalue weighted by atomic mass is 9.98. The Bertz CT molecular complexity index is 1520. The average molecular weight is 429 g/mol. The summed E-state index contributed by atoms with van der Waals surface area (Å²) in [7, 11) is 0. The lowest BCUT2D eigenvalue weighted by Crippen LogP contribution is -1.90. The van der Waals surface area contributed by atoms with Crippen LogP contribution in [0.5, 0.6) is 0 Å². The first-order valence-electron chi connectivity index (χ1n) is 10.6. The minimum Gasteiger partial charge on any atom is -0.356 e. The van der Waals surface area contributed by atoms with Crippen molar-refractivity contribution in [2.45, 2.75) is 0 Å². The number of aromatic nitrogens is 1. The van der Waals surface area contributed by atoms with E-state index in [1.54, 1.807) is 11.3 Å². The van der Waals surface area contributed by atoms with E-state index in [1.807, 2.05) is 5.51 Å². The zero-order valence-electron chi connectivity index (χ0n) is 17.3. The molecule has 0 saturated carbocycles. The van der Waals surface area contributed by atoms with Gasteiger partial charge in [-0.1, -0.05) is 72.8 Å². The largest absolute Gasteiger partial charge is 0.356 e. The summed E-state index contributed by atoms with van der Waals surface area (Å²) < 4.78 is 1.22. The number of anilines is 2. The minimum atomic E-state index is 1.06. The van der Waals surface area contributed by atoms with Gasteiger partial charge in [0.15, 0.2) is 0 Å². The molecule has 1 heterocycles. The van der Waals surface area contributed by atoms with Crippen molar-refractivity contribution in [2.24, 2.45) is 0 Å². The molecule has 0 amide bonds. The van der Waals surface area contributed by atoms with E-state index in [0.29, 0.717) is 0 Å². The second-order valence-corrected chi connectivity index (χ2v) is 8.73. The predicted molar refractivity (Wildman–Crippen MR) is 138 cm³/mol. The molecule has 3 heteroatoms. The van der Waals surface area contributed by atoms with Gasteiger partial charge in [0.1, 0.15) is 0 Å².